The maximum Gasteiger partial charge on any atom is 0.293 e. The van der Waals surface area contributed by atoms with E-state index in [-0.39, 0.29) is 23.2 Å². The van der Waals surface area contributed by atoms with Gasteiger partial charge in [0.2, 0.25) is 0 Å². The maximum absolute atomic E-state index is 12.3. The second kappa shape index (κ2) is 5.98. The Kier molecular flexibility index (Phi) is 4.04. The topological polar surface area (TPSA) is 93.2 Å². The lowest BCUT2D eigenvalue weighted by atomic mass is 10.1. The number of nitrogens with two attached hydrogens (primary N) is 1. The monoisotopic (exact) mass is 320 g/mol. The molecule has 0 aliphatic carbocycles. The molecule has 0 radical (unpaired) electrons. The fourth-order valence-electron chi connectivity index (χ4n) is 2.72. The molecule has 6 nitrogen and oxygen atoms in total. The number of halogens is 1. The van der Waals surface area contributed by atoms with Crippen LogP contribution in [-0.2, 0) is 0 Å². The standard InChI is InChI=1S/C15H17ClN4O2/c16-9-3-4-11(13(21)6-9)12-8-20(15(22)14(17)19-12)10-2-1-5-18-7-10/h3-4,6,8,10,18,21H,1-2,5,7H2,(H2,17,19). The lowest BCUT2D eigenvalue weighted by Gasteiger charge is -2.25. The highest BCUT2D eigenvalue weighted by atomic mass is 35.5. The average Bonchev–Trinajstić information content (AvgIpc) is 2.51. The summed E-state index contributed by atoms with van der Waals surface area (Å²) in [5.74, 6) is -0.0659. The van der Waals surface area contributed by atoms with Crippen LogP contribution in [0.3, 0.4) is 0 Å². The van der Waals surface area contributed by atoms with Gasteiger partial charge in [-0.05, 0) is 37.6 Å². The number of phenolic OH excluding ortho intramolecular Hbond substituents is 1. The summed E-state index contributed by atoms with van der Waals surface area (Å²) < 4.78 is 1.61. The summed E-state index contributed by atoms with van der Waals surface area (Å²) in [7, 11) is 0. The van der Waals surface area contributed by atoms with Gasteiger partial charge in [-0.1, -0.05) is 11.6 Å². The lowest BCUT2D eigenvalue weighted by molar-refractivity contribution is 0.364. The van der Waals surface area contributed by atoms with E-state index >= 15 is 0 Å². The quantitative estimate of drug-likeness (QED) is 0.784. The Morgan fingerprint density at radius 2 is 2.27 bits per heavy atom. The molecule has 1 atom stereocenters. The first kappa shape index (κ1) is 14.9. The molecule has 2 aromatic rings. The molecular formula is C15H17ClN4O2. The number of aromatic nitrogens is 2. The number of nitrogens with one attached hydrogen (secondary N) is 1. The van der Waals surface area contributed by atoms with Crippen LogP contribution in [0.5, 0.6) is 5.75 Å². The molecule has 3 rings (SSSR count). The minimum absolute atomic E-state index is 0.00590. The second-order valence-electron chi connectivity index (χ2n) is 5.39. The molecule has 1 aliphatic rings. The zero-order valence-corrected chi connectivity index (χ0v) is 12.7. The highest BCUT2D eigenvalue weighted by molar-refractivity contribution is 6.30. The zero-order valence-electron chi connectivity index (χ0n) is 11.9. The Balaban J connectivity index is 2.09. The number of hydrogen-bond donors (Lipinski definition) is 3. The van der Waals surface area contributed by atoms with Crippen molar-refractivity contribution in [2.24, 2.45) is 0 Å². The SMILES string of the molecule is Nc1nc(-c2ccc(Cl)cc2O)cn(C2CCCNC2)c1=O. The molecule has 1 aliphatic heterocycles. The number of nitrogen functional groups attached to an aromatic ring is 1. The summed E-state index contributed by atoms with van der Waals surface area (Å²) in [5.41, 5.74) is 6.42. The van der Waals surface area contributed by atoms with E-state index in [0.29, 0.717) is 16.3 Å². The van der Waals surface area contributed by atoms with Crippen LogP contribution in [0, 0.1) is 0 Å². The minimum Gasteiger partial charge on any atom is -0.507 e. The van der Waals surface area contributed by atoms with E-state index in [9.17, 15) is 9.90 Å². The van der Waals surface area contributed by atoms with Crippen molar-refractivity contribution < 1.29 is 5.11 Å². The van der Waals surface area contributed by atoms with Crippen molar-refractivity contribution in [2.75, 3.05) is 18.8 Å². The predicted molar refractivity (Wildman–Crippen MR) is 86.2 cm³/mol. The molecule has 1 saturated heterocycles. The Hall–Kier alpha value is -2.05. The number of rotatable bonds is 2. The highest BCUT2D eigenvalue weighted by Crippen LogP contribution is 2.30. The summed E-state index contributed by atoms with van der Waals surface area (Å²) in [5, 5.41) is 13.7. The molecule has 1 aromatic carbocycles. The van der Waals surface area contributed by atoms with Crippen molar-refractivity contribution >= 4 is 17.4 Å². The van der Waals surface area contributed by atoms with Crippen molar-refractivity contribution in [1.29, 1.82) is 0 Å². The number of nitrogens with zero attached hydrogens (tertiary/aromatic N) is 2. The van der Waals surface area contributed by atoms with Gasteiger partial charge in [-0.15, -0.1) is 0 Å². The van der Waals surface area contributed by atoms with Gasteiger partial charge in [-0.2, -0.15) is 0 Å². The van der Waals surface area contributed by atoms with E-state index in [0.717, 1.165) is 25.9 Å². The predicted octanol–water partition coefficient (Wildman–Crippen LogP) is 1.78. The maximum atomic E-state index is 12.3. The van der Waals surface area contributed by atoms with Gasteiger partial charge < -0.3 is 20.7 Å². The summed E-state index contributed by atoms with van der Waals surface area (Å²) in [6, 6.07) is 4.80. The van der Waals surface area contributed by atoms with Crippen LogP contribution in [0.2, 0.25) is 5.02 Å². The highest BCUT2D eigenvalue weighted by Gasteiger charge is 2.19. The molecule has 4 N–H and O–H groups in total. The third-order valence-corrected chi connectivity index (χ3v) is 4.09. The smallest absolute Gasteiger partial charge is 0.293 e. The number of benzene rings is 1. The van der Waals surface area contributed by atoms with E-state index in [4.69, 9.17) is 17.3 Å². The van der Waals surface area contributed by atoms with Crippen LogP contribution in [0.15, 0.2) is 29.2 Å². The molecule has 116 valence electrons. The largest absolute Gasteiger partial charge is 0.507 e. The fraction of sp³-hybridized carbons (Fsp3) is 0.333. The van der Waals surface area contributed by atoms with E-state index in [1.807, 2.05) is 0 Å². The van der Waals surface area contributed by atoms with Gasteiger partial charge in [-0.25, -0.2) is 4.98 Å². The Bertz CT molecular complexity index is 754. The second-order valence-corrected chi connectivity index (χ2v) is 5.82. The van der Waals surface area contributed by atoms with Gasteiger partial charge in [-0.3, -0.25) is 4.79 Å². The Labute approximate surface area is 132 Å². The van der Waals surface area contributed by atoms with Crippen LogP contribution in [0.4, 0.5) is 5.82 Å². The molecule has 0 spiro atoms. The molecule has 1 unspecified atom stereocenters. The molecule has 0 saturated carbocycles. The molecule has 0 bridgehead atoms. The van der Waals surface area contributed by atoms with Crippen molar-refractivity contribution in [2.45, 2.75) is 18.9 Å². The van der Waals surface area contributed by atoms with E-state index in [1.54, 1.807) is 22.9 Å². The molecular weight excluding hydrogens is 304 g/mol. The average molecular weight is 321 g/mol. The van der Waals surface area contributed by atoms with E-state index < -0.39 is 0 Å². The van der Waals surface area contributed by atoms with Crippen LogP contribution >= 0.6 is 11.6 Å². The number of hydrogen-bond acceptors (Lipinski definition) is 5. The molecule has 1 aromatic heterocycles. The fourth-order valence-corrected chi connectivity index (χ4v) is 2.89. The molecule has 7 heteroatoms. The normalized spacial score (nSPS) is 18.3. The van der Waals surface area contributed by atoms with Crippen molar-refractivity contribution in [1.82, 2.24) is 14.9 Å². The van der Waals surface area contributed by atoms with E-state index in [2.05, 4.69) is 10.3 Å². The zero-order chi connectivity index (χ0) is 15.7. The van der Waals surface area contributed by atoms with Gasteiger partial charge in [0.15, 0.2) is 5.82 Å². The van der Waals surface area contributed by atoms with Crippen LogP contribution in [0.1, 0.15) is 18.9 Å². The Morgan fingerprint density at radius 3 is 2.95 bits per heavy atom. The third-order valence-electron chi connectivity index (χ3n) is 3.86. The molecule has 22 heavy (non-hydrogen) atoms. The van der Waals surface area contributed by atoms with Crippen molar-refractivity contribution in [3.63, 3.8) is 0 Å². The third kappa shape index (κ3) is 2.80. The molecule has 0 amide bonds. The first-order valence-electron chi connectivity index (χ1n) is 7.14. The number of anilines is 1. The van der Waals surface area contributed by atoms with Crippen molar-refractivity contribution in [3.8, 4) is 17.0 Å². The molecule has 1 fully saturated rings. The first-order chi connectivity index (χ1) is 10.6. The van der Waals surface area contributed by atoms with Gasteiger partial charge in [0.1, 0.15) is 5.75 Å². The van der Waals surface area contributed by atoms with E-state index in [1.165, 1.54) is 6.07 Å². The first-order valence-corrected chi connectivity index (χ1v) is 7.52. The van der Waals surface area contributed by atoms with Gasteiger partial charge in [0.05, 0.1) is 5.69 Å². The van der Waals surface area contributed by atoms with Crippen LogP contribution < -0.4 is 16.6 Å². The minimum atomic E-state index is -0.300. The number of aromatic hydroxyl groups is 1. The summed E-state index contributed by atoms with van der Waals surface area (Å²) in [6.45, 7) is 1.67. The summed E-state index contributed by atoms with van der Waals surface area (Å²) >= 11 is 5.85. The van der Waals surface area contributed by atoms with Crippen LogP contribution in [0.25, 0.3) is 11.3 Å². The Morgan fingerprint density at radius 1 is 1.45 bits per heavy atom. The van der Waals surface area contributed by atoms with Gasteiger partial charge in [0, 0.05) is 29.4 Å². The molecule has 2 heterocycles. The van der Waals surface area contributed by atoms with Gasteiger partial charge >= 0.3 is 0 Å². The summed E-state index contributed by atoms with van der Waals surface area (Å²) in [6.07, 6.45) is 3.56. The lowest BCUT2D eigenvalue weighted by Crippen LogP contribution is -2.37. The summed E-state index contributed by atoms with van der Waals surface area (Å²) in [4.78, 5) is 16.4. The number of phenols is 1. The van der Waals surface area contributed by atoms with Crippen LogP contribution in [-0.4, -0.2) is 27.7 Å². The van der Waals surface area contributed by atoms with Gasteiger partial charge in [0.25, 0.3) is 5.56 Å². The van der Waals surface area contributed by atoms with Crippen molar-refractivity contribution in [3.05, 3.63) is 39.8 Å². The number of piperidine rings is 1.